The zero-order valence-electron chi connectivity index (χ0n) is 13.0. The monoisotopic (exact) mass is 313 g/mol. The molecule has 1 aromatic heterocycles. The molecule has 0 radical (unpaired) electrons. The Balaban J connectivity index is 1.48. The lowest BCUT2D eigenvalue weighted by atomic mass is 10.0. The second-order valence-corrected chi connectivity index (χ2v) is 5.83. The largest absolute Gasteiger partial charge is 0.454 e. The molecule has 1 saturated heterocycles. The third-order valence-corrected chi connectivity index (χ3v) is 4.12. The third kappa shape index (κ3) is 3.07. The van der Waals surface area contributed by atoms with Crippen LogP contribution in [0.1, 0.15) is 29.4 Å². The molecule has 0 bridgehead atoms. The van der Waals surface area contributed by atoms with E-state index in [-0.39, 0.29) is 0 Å². The quantitative estimate of drug-likeness (QED) is 0.936. The van der Waals surface area contributed by atoms with Crippen LogP contribution >= 0.6 is 0 Å². The number of anilines is 1. The Labute approximate surface area is 134 Å². The van der Waals surface area contributed by atoms with E-state index < -0.39 is 0 Å². The van der Waals surface area contributed by atoms with Gasteiger partial charge < -0.3 is 19.5 Å². The summed E-state index contributed by atoms with van der Waals surface area (Å²) in [4.78, 5) is 9.02. The molecular weight excluding hydrogens is 294 g/mol. The SMILES string of the molecule is Cc1nc(NCc2ccc3c(c2)OCO3)cc([C@@H]2CCOC2)n1. The molecule has 0 amide bonds. The smallest absolute Gasteiger partial charge is 0.231 e. The Kier molecular flexibility index (Phi) is 3.75. The maximum Gasteiger partial charge on any atom is 0.231 e. The molecule has 0 spiro atoms. The van der Waals surface area contributed by atoms with Gasteiger partial charge in [0.1, 0.15) is 11.6 Å². The molecule has 6 nitrogen and oxygen atoms in total. The summed E-state index contributed by atoms with van der Waals surface area (Å²) in [6, 6.07) is 7.99. The van der Waals surface area contributed by atoms with Gasteiger partial charge in [-0.2, -0.15) is 0 Å². The van der Waals surface area contributed by atoms with Crippen LogP contribution in [0.3, 0.4) is 0 Å². The van der Waals surface area contributed by atoms with E-state index in [1.165, 1.54) is 0 Å². The number of nitrogens with one attached hydrogen (secondary N) is 1. The van der Waals surface area contributed by atoms with Crippen molar-refractivity contribution in [3.05, 3.63) is 41.3 Å². The summed E-state index contributed by atoms with van der Waals surface area (Å²) in [6.07, 6.45) is 1.03. The highest BCUT2D eigenvalue weighted by Crippen LogP contribution is 2.32. The molecule has 1 aromatic carbocycles. The summed E-state index contributed by atoms with van der Waals surface area (Å²) in [5.41, 5.74) is 2.18. The van der Waals surface area contributed by atoms with E-state index in [1.807, 2.05) is 31.2 Å². The average Bonchev–Trinajstić information content (AvgIpc) is 3.23. The summed E-state index contributed by atoms with van der Waals surface area (Å²) in [7, 11) is 0. The van der Waals surface area contributed by atoms with Crippen LogP contribution in [0.2, 0.25) is 0 Å². The summed E-state index contributed by atoms with van der Waals surface area (Å²) < 4.78 is 16.2. The molecule has 4 rings (SSSR count). The first-order valence-corrected chi connectivity index (χ1v) is 7.84. The molecular formula is C17H19N3O3. The van der Waals surface area contributed by atoms with Crippen LogP contribution in [0.4, 0.5) is 5.82 Å². The summed E-state index contributed by atoms with van der Waals surface area (Å²) >= 11 is 0. The lowest BCUT2D eigenvalue weighted by Gasteiger charge is -2.12. The van der Waals surface area contributed by atoms with Crippen molar-refractivity contribution in [2.24, 2.45) is 0 Å². The first-order chi connectivity index (χ1) is 11.3. The maximum atomic E-state index is 5.46. The van der Waals surface area contributed by atoms with Crippen LogP contribution in [0.15, 0.2) is 24.3 Å². The van der Waals surface area contributed by atoms with Gasteiger partial charge in [0.15, 0.2) is 11.5 Å². The van der Waals surface area contributed by atoms with Crippen LogP contribution in [0.25, 0.3) is 0 Å². The zero-order chi connectivity index (χ0) is 15.6. The van der Waals surface area contributed by atoms with Crippen molar-refractivity contribution < 1.29 is 14.2 Å². The Morgan fingerprint density at radius 2 is 2.09 bits per heavy atom. The first kappa shape index (κ1) is 14.3. The van der Waals surface area contributed by atoms with Crippen molar-refractivity contribution in [2.45, 2.75) is 25.8 Å². The molecule has 1 fully saturated rings. The van der Waals surface area contributed by atoms with Crippen molar-refractivity contribution in [1.82, 2.24) is 9.97 Å². The molecule has 1 N–H and O–H groups in total. The topological polar surface area (TPSA) is 65.5 Å². The van der Waals surface area contributed by atoms with Crippen LogP contribution in [-0.2, 0) is 11.3 Å². The van der Waals surface area contributed by atoms with Crippen molar-refractivity contribution >= 4 is 5.82 Å². The van der Waals surface area contributed by atoms with Crippen molar-refractivity contribution in [3.8, 4) is 11.5 Å². The van der Waals surface area contributed by atoms with Gasteiger partial charge in [-0.15, -0.1) is 0 Å². The number of benzene rings is 1. The van der Waals surface area contributed by atoms with Crippen LogP contribution in [0.5, 0.6) is 11.5 Å². The molecule has 6 heteroatoms. The van der Waals surface area contributed by atoms with Gasteiger partial charge >= 0.3 is 0 Å². The van der Waals surface area contributed by atoms with Gasteiger partial charge in [-0.1, -0.05) is 6.07 Å². The third-order valence-electron chi connectivity index (χ3n) is 4.12. The van der Waals surface area contributed by atoms with Crippen molar-refractivity contribution in [2.75, 3.05) is 25.3 Å². The number of fused-ring (bicyclic) bond motifs is 1. The minimum Gasteiger partial charge on any atom is -0.454 e. The fourth-order valence-corrected chi connectivity index (χ4v) is 2.90. The summed E-state index contributed by atoms with van der Waals surface area (Å²) in [5.74, 6) is 3.60. The minimum atomic E-state index is 0.296. The lowest BCUT2D eigenvalue weighted by molar-refractivity contribution is 0.174. The Morgan fingerprint density at radius 3 is 2.96 bits per heavy atom. The molecule has 0 unspecified atom stereocenters. The molecule has 0 aliphatic carbocycles. The van der Waals surface area contributed by atoms with Gasteiger partial charge in [0.25, 0.3) is 0 Å². The van der Waals surface area contributed by atoms with E-state index in [9.17, 15) is 0 Å². The van der Waals surface area contributed by atoms with E-state index in [1.54, 1.807) is 0 Å². The second kappa shape index (κ2) is 6.04. The number of nitrogens with zero attached hydrogens (tertiary/aromatic N) is 2. The highest BCUT2D eigenvalue weighted by Gasteiger charge is 2.20. The number of ether oxygens (including phenoxy) is 3. The number of hydrogen-bond donors (Lipinski definition) is 1. The second-order valence-electron chi connectivity index (χ2n) is 5.83. The highest BCUT2D eigenvalue weighted by molar-refractivity contribution is 5.46. The number of aryl methyl sites for hydroxylation is 1. The van der Waals surface area contributed by atoms with Gasteiger partial charge in [-0.25, -0.2) is 9.97 Å². The highest BCUT2D eigenvalue weighted by atomic mass is 16.7. The fourth-order valence-electron chi connectivity index (χ4n) is 2.90. The average molecular weight is 313 g/mol. The van der Waals surface area contributed by atoms with E-state index in [2.05, 4.69) is 15.3 Å². The number of aromatic nitrogens is 2. The normalized spacial score (nSPS) is 19.1. The zero-order valence-corrected chi connectivity index (χ0v) is 13.0. The van der Waals surface area contributed by atoms with E-state index in [0.717, 1.165) is 54.0 Å². The molecule has 2 aliphatic rings. The van der Waals surface area contributed by atoms with E-state index in [4.69, 9.17) is 14.2 Å². The Morgan fingerprint density at radius 1 is 1.17 bits per heavy atom. The van der Waals surface area contributed by atoms with E-state index >= 15 is 0 Å². The molecule has 1 atom stereocenters. The summed E-state index contributed by atoms with van der Waals surface area (Å²) in [5, 5.41) is 3.37. The van der Waals surface area contributed by atoms with Gasteiger partial charge in [0, 0.05) is 25.1 Å². The standard InChI is InChI=1S/C17H19N3O3/c1-11-19-14(13-4-5-21-9-13)7-17(20-11)18-8-12-2-3-15-16(6-12)23-10-22-15/h2-3,6-7,13H,4-5,8-10H2,1H3,(H,18,19,20)/t13-/m1/s1. The maximum absolute atomic E-state index is 5.46. The minimum absolute atomic E-state index is 0.296. The van der Waals surface area contributed by atoms with Crippen LogP contribution < -0.4 is 14.8 Å². The van der Waals surface area contributed by atoms with Crippen molar-refractivity contribution in [3.63, 3.8) is 0 Å². The number of rotatable bonds is 4. The molecule has 2 aromatic rings. The molecule has 0 saturated carbocycles. The van der Waals surface area contributed by atoms with Gasteiger partial charge in [-0.3, -0.25) is 0 Å². The Hall–Kier alpha value is -2.34. The first-order valence-electron chi connectivity index (χ1n) is 7.84. The molecule has 23 heavy (non-hydrogen) atoms. The predicted molar refractivity (Wildman–Crippen MR) is 84.8 cm³/mol. The van der Waals surface area contributed by atoms with Crippen LogP contribution in [0, 0.1) is 6.92 Å². The molecule has 3 heterocycles. The van der Waals surface area contributed by atoms with Gasteiger partial charge in [0.05, 0.1) is 12.3 Å². The van der Waals surface area contributed by atoms with Gasteiger partial charge in [0.2, 0.25) is 6.79 Å². The summed E-state index contributed by atoms with van der Waals surface area (Å²) in [6.45, 7) is 4.45. The predicted octanol–water partition coefficient (Wildman–Crippen LogP) is 2.63. The lowest BCUT2D eigenvalue weighted by Crippen LogP contribution is -2.08. The fraction of sp³-hybridized carbons (Fsp3) is 0.412. The Bertz CT molecular complexity index is 714. The molecule has 2 aliphatic heterocycles. The van der Waals surface area contributed by atoms with Crippen LogP contribution in [-0.4, -0.2) is 30.0 Å². The van der Waals surface area contributed by atoms with Crippen molar-refractivity contribution in [1.29, 1.82) is 0 Å². The number of hydrogen-bond acceptors (Lipinski definition) is 6. The van der Waals surface area contributed by atoms with Gasteiger partial charge in [-0.05, 0) is 31.0 Å². The molecule has 120 valence electrons. The van der Waals surface area contributed by atoms with E-state index in [0.29, 0.717) is 19.3 Å².